The van der Waals surface area contributed by atoms with Crippen LogP contribution in [0.15, 0.2) is 30.3 Å². The minimum atomic E-state index is -2.96. The molecule has 0 aliphatic heterocycles. The third kappa shape index (κ3) is 3.56. The average molecular weight is 282 g/mol. The minimum Gasteiger partial charge on any atom is -0.481 e. The Morgan fingerprint density at radius 2 is 1.75 bits per heavy atom. The molecule has 1 saturated carbocycles. The van der Waals surface area contributed by atoms with Crippen molar-refractivity contribution in [2.24, 2.45) is 5.41 Å². The van der Waals surface area contributed by atoms with Crippen LogP contribution in [0.2, 0.25) is 0 Å². The maximum Gasteiger partial charge on any atom is 0.303 e. The number of carbonyl (C=O) groups is 1. The number of aliphatic carboxylic acids is 1. The Balaban J connectivity index is 2.20. The Hall–Kier alpha value is -1.45. The van der Waals surface area contributed by atoms with E-state index in [0.717, 1.165) is 19.3 Å². The van der Waals surface area contributed by atoms with E-state index in [1.807, 2.05) is 0 Å². The molecule has 1 aromatic rings. The van der Waals surface area contributed by atoms with Gasteiger partial charge in [0.2, 0.25) is 0 Å². The first-order valence-electron chi connectivity index (χ1n) is 7.09. The fourth-order valence-corrected chi connectivity index (χ4v) is 3.29. The van der Waals surface area contributed by atoms with Gasteiger partial charge in [0.15, 0.2) is 0 Å². The zero-order valence-electron chi connectivity index (χ0n) is 11.4. The van der Waals surface area contributed by atoms with Gasteiger partial charge >= 0.3 is 5.97 Å². The van der Waals surface area contributed by atoms with Gasteiger partial charge in [0.1, 0.15) is 0 Å². The smallest absolute Gasteiger partial charge is 0.303 e. The molecule has 0 radical (unpaired) electrons. The van der Waals surface area contributed by atoms with E-state index in [4.69, 9.17) is 5.11 Å². The van der Waals surface area contributed by atoms with Crippen LogP contribution in [0.4, 0.5) is 8.78 Å². The summed E-state index contributed by atoms with van der Waals surface area (Å²) >= 11 is 0. The van der Waals surface area contributed by atoms with E-state index in [-0.39, 0.29) is 18.4 Å². The van der Waals surface area contributed by atoms with E-state index in [0.29, 0.717) is 12.8 Å². The van der Waals surface area contributed by atoms with Crippen LogP contribution in [0.1, 0.15) is 50.5 Å². The van der Waals surface area contributed by atoms with E-state index in [9.17, 15) is 13.6 Å². The molecule has 110 valence electrons. The van der Waals surface area contributed by atoms with E-state index in [1.54, 1.807) is 18.2 Å². The lowest BCUT2D eigenvalue weighted by Gasteiger charge is -2.38. The third-order valence-electron chi connectivity index (χ3n) is 4.23. The Morgan fingerprint density at radius 1 is 1.15 bits per heavy atom. The first kappa shape index (κ1) is 14.9. The van der Waals surface area contributed by atoms with Crippen molar-refractivity contribution in [2.75, 3.05) is 0 Å². The predicted octanol–water partition coefficient (Wildman–Crippen LogP) is 4.59. The lowest BCUT2D eigenvalue weighted by Crippen LogP contribution is -2.33. The minimum absolute atomic E-state index is 0.0182. The second-order valence-electron chi connectivity index (χ2n) is 5.88. The number of hydrogen-bond acceptors (Lipinski definition) is 1. The van der Waals surface area contributed by atoms with Gasteiger partial charge in [0.25, 0.3) is 5.92 Å². The van der Waals surface area contributed by atoms with Crippen molar-refractivity contribution >= 4 is 5.97 Å². The van der Waals surface area contributed by atoms with Crippen molar-refractivity contribution in [1.29, 1.82) is 0 Å². The molecule has 0 aromatic heterocycles. The van der Waals surface area contributed by atoms with Gasteiger partial charge in [-0.1, -0.05) is 49.6 Å². The van der Waals surface area contributed by atoms with Crippen LogP contribution in [0.5, 0.6) is 0 Å². The van der Waals surface area contributed by atoms with Gasteiger partial charge in [-0.2, -0.15) is 0 Å². The normalized spacial score (nSPS) is 18.7. The summed E-state index contributed by atoms with van der Waals surface area (Å²) in [5.41, 5.74) is -0.779. The summed E-state index contributed by atoms with van der Waals surface area (Å²) in [5.74, 6) is -3.94. The molecule has 1 N–H and O–H groups in total. The van der Waals surface area contributed by atoms with Crippen LogP contribution in [-0.4, -0.2) is 11.1 Å². The van der Waals surface area contributed by atoms with Crippen LogP contribution < -0.4 is 0 Å². The molecule has 4 heteroatoms. The van der Waals surface area contributed by atoms with Crippen LogP contribution in [0, 0.1) is 5.41 Å². The lowest BCUT2D eigenvalue weighted by molar-refractivity contribution is -0.143. The highest BCUT2D eigenvalue weighted by molar-refractivity contribution is 5.67. The molecule has 0 unspecified atom stereocenters. The van der Waals surface area contributed by atoms with Gasteiger partial charge in [-0.3, -0.25) is 4.79 Å². The molecule has 1 aromatic carbocycles. The number of carboxylic acids is 1. The molecule has 0 saturated heterocycles. The van der Waals surface area contributed by atoms with Gasteiger partial charge in [-0.05, 0) is 18.3 Å². The zero-order chi connectivity index (χ0) is 14.6. The molecule has 20 heavy (non-hydrogen) atoms. The molecule has 0 atom stereocenters. The Morgan fingerprint density at radius 3 is 2.30 bits per heavy atom. The summed E-state index contributed by atoms with van der Waals surface area (Å²) in [4.78, 5) is 11.1. The molecule has 0 spiro atoms. The highest BCUT2D eigenvalue weighted by Gasteiger charge is 2.44. The molecule has 1 aliphatic rings. The number of hydrogen-bond donors (Lipinski definition) is 1. The zero-order valence-corrected chi connectivity index (χ0v) is 11.4. The van der Waals surface area contributed by atoms with Crippen LogP contribution in [0.25, 0.3) is 0 Å². The molecular formula is C16H20F2O2. The number of alkyl halides is 2. The first-order chi connectivity index (χ1) is 9.44. The van der Waals surface area contributed by atoms with Crippen molar-refractivity contribution in [3.05, 3.63) is 35.9 Å². The van der Waals surface area contributed by atoms with E-state index >= 15 is 0 Å². The van der Waals surface area contributed by atoms with Crippen molar-refractivity contribution in [2.45, 2.75) is 50.9 Å². The van der Waals surface area contributed by atoms with Gasteiger partial charge in [-0.25, -0.2) is 8.78 Å². The molecule has 0 bridgehead atoms. The average Bonchev–Trinajstić information content (AvgIpc) is 2.39. The number of rotatable bonds is 5. The van der Waals surface area contributed by atoms with Crippen LogP contribution in [0.3, 0.4) is 0 Å². The van der Waals surface area contributed by atoms with Gasteiger partial charge < -0.3 is 5.11 Å². The van der Waals surface area contributed by atoms with E-state index in [1.165, 1.54) is 12.1 Å². The number of benzene rings is 1. The Kier molecular flexibility index (Phi) is 4.41. The lowest BCUT2D eigenvalue weighted by atomic mass is 9.68. The van der Waals surface area contributed by atoms with E-state index < -0.39 is 17.3 Å². The standard InChI is InChI=1S/C16H20F2O2/c17-16(18,13-7-3-1-4-8-13)12-15(11-14(19)20)9-5-2-6-10-15/h1,3-4,7-8H,2,5-6,9-12H2,(H,19,20). The molecule has 1 aliphatic carbocycles. The number of carboxylic acid groups (broad SMARTS) is 1. The highest BCUT2D eigenvalue weighted by Crippen LogP contribution is 2.49. The second-order valence-corrected chi connectivity index (χ2v) is 5.88. The van der Waals surface area contributed by atoms with Crippen molar-refractivity contribution in [1.82, 2.24) is 0 Å². The maximum atomic E-state index is 14.4. The summed E-state index contributed by atoms with van der Waals surface area (Å²) in [6.45, 7) is 0. The van der Waals surface area contributed by atoms with Gasteiger partial charge in [-0.15, -0.1) is 0 Å². The fourth-order valence-electron chi connectivity index (χ4n) is 3.29. The quantitative estimate of drug-likeness (QED) is 0.857. The molecule has 2 nitrogen and oxygen atoms in total. The molecular weight excluding hydrogens is 262 g/mol. The topological polar surface area (TPSA) is 37.3 Å². The molecule has 0 heterocycles. The third-order valence-corrected chi connectivity index (χ3v) is 4.23. The summed E-state index contributed by atoms with van der Waals surface area (Å²) in [6, 6.07) is 7.71. The molecule has 0 amide bonds. The van der Waals surface area contributed by atoms with Crippen molar-refractivity contribution in [3.63, 3.8) is 0 Å². The van der Waals surface area contributed by atoms with Crippen LogP contribution in [-0.2, 0) is 10.7 Å². The summed E-state index contributed by atoms with van der Waals surface area (Å²) in [7, 11) is 0. The largest absolute Gasteiger partial charge is 0.481 e. The van der Waals surface area contributed by atoms with Gasteiger partial charge in [0.05, 0.1) is 6.42 Å². The van der Waals surface area contributed by atoms with Crippen molar-refractivity contribution < 1.29 is 18.7 Å². The predicted molar refractivity (Wildman–Crippen MR) is 72.7 cm³/mol. The SMILES string of the molecule is O=C(O)CC1(CC(F)(F)c2ccccc2)CCCCC1. The van der Waals surface area contributed by atoms with Crippen molar-refractivity contribution in [3.8, 4) is 0 Å². The first-order valence-corrected chi connectivity index (χ1v) is 7.09. The summed E-state index contributed by atoms with van der Waals surface area (Å²) in [5, 5.41) is 9.05. The fraction of sp³-hybridized carbons (Fsp3) is 0.562. The summed E-state index contributed by atoms with van der Waals surface area (Å²) in [6.07, 6.45) is 3.35. The van der Waals surface area contributed by atoms with Crippen LogP contribution >= 0.6 is 0 Å². The van der Waals surface area contributed by atoms with Gasteiger partial charge in [0, 0.05) is 12.0 Å². The summed E-state index contributed by atoms with van der Waals surface area (Å²) < 4.78 is 28.9. The second kappa shape index (κ2) is 5.90. The molecule has 2 rings (SSSR count). The van der Waals surface area contributed by atoms with E-state index in [2.05, 4.69) is 0 Å². The Labute approximate surface area is 117 Å². The monoisotopic (exact) mass is 282 g/mol. The highest BCUT2D eigenvalue weighted by atomic mass is 19.3. The number of halogens is 2. The Bertz CT molecular complexity index is 451. The molecule has 1 fully saturated rings. The maximum absolute atomic E-state index is 14.4.